The number of thioether (sulfide) groups is 1. The number of rotatable bonds is 7. The summed E-state index contributed by atoms with van der Waals surface area (Å²) in [5.74, 6) is 3.71. The number of hydrogen-bond acceptors (Lipinski definition) is 4. The van der Waals surface area contributed by atoms with E-state index in [-0.39, 0.29) is 0 Å². The van der Waals surface area contributed by atoms with Crippen molar-refractivity contribution in [3.8, 4) is 11.5 Å². The zero-order valence-corrected chi connectivity index (χ0v) is 15.6. The number of nitrogens with one attached hydrogen (secondary N) is 2. The van der Waals surface area contributed by atoms with Crippen molar-refractivity contribution in [3.63, 3.8) is 0 Å². The van der Waals surface area contributed by atoms with Gasteiger partial charge in [0.2, 0.25) is 0 Å². The SMILES string of the molecule is S=C(NCCCSCc1ccccc1)Nc1ccc2c(c1)OCCO2. The van der Waals surface area contributed by atoms with Crippen LogP contribution in [0.1, 0.15) is 12.0 Å². The molecule has 0 aliphatic carbocycles. The van der Waals surface area contributed by atoms with Crippen molar-refractivity contribution in [1.29, 1.82) is 0 Å². The maximum Gasteiger partial charge on any atom is 0.170 e. The molecule has 0 fully saturated rings. The largest absolute Gasteiger partial charge is 0.486 e. The molecule has 0 radical (unpaired) electrons. The molecular formula is C19H22N2O2S2. The number of fused-ring (bicyclic) bond motifs is 1. The molecule has 0 amide bonds. The van der Waals surface area contributed by atoms with Crippen LogP contribution in [0.2, 0.25) is 0 Å². The molecule has 1 aliphatic rings. The van der Waals surface area contributed by atoms with Gasteiger partial charge in [-0.1, -0.05) is 30.3 Å². The van der Waals surface area contributed by atoms with Crippen LogP contribution in [0.4, 0.5) is 5.69 Å². The second-order valence-electron chi connectivity index (χ2n) is 5.63. The molecule has 1 aliphatic heterocycles. The Hall–Kier alpha value is -1.92. The zero-order chi connectivity index (χ0) is 17.3. The van der Waals surface area contributed by atoms with Crippen molar-refractivity contribution < 1.29 is 9.47 Å². The summed E-state index contributed by atoms with van der Waals surface area (Å²) in [5.41, 5.74) is 2.27. The molecule has 0 spiro atoms. The van der Waals surface area contributed by atoms with Crippen LogP contribution in [-0.4, -0.2) is 30.6 Å². The van der Waals surface area contributed by atoms with E-state index in [0.29, 0.717) is 18.3 Å². The first-order chi connectivity index (χ1) is 12.3. The average molecular weight is 375 g/mol. The highest BCUT2D eigenvalue weighted by atomic mass is 32.2. The molecule has 132 valence electrons. The lowest BCUT2D eigenvalue weighted by Crippen LogP contribution is -2.29. The Morgan fingerprint density at radius 1 is 1.04 bits per heavy atom. The van der Waals surface area contributed by atoms with Crippen LogP contribution in [0.15, 0.2) is 48.5 Å². The third-order valence-corrected chi connectivity index (χ3v) is 5.02. The van der Waals surface area contributed by atoms with Crippen molar-refractivity contribution in [2.45, 2.75) is 12.2 Å². The van der Waals surface area contributed by atoms with E-state index in [0.717, 1.165) is 41.7 Å². The van der Waals surface area contributed by atoms with Gasteiger partial charge in [0, 0.05) is 24.1 Å². The minimum absolute atomic E-state index is 0.583. The van der Waals surface area contributed by atoms with Gasteiger partial charge in [0.15, 0.2) is 16.6 Å². The van der Waals surface area contributed by atoms with Gasteiger partial charge in [-0.15, -0.1) is 0 Å². The summed E-state index contributed by atoms with van der Waals surface area (Å²) >= 11 is 7.29. The smallest absolute Gasteiger partial charge is 0.170 e. The van der Waals surface area contributed by atoms with Crippen LogP contribution in [0.3, 0.4) is 0 Å². The molecule has 3 rings (SSSR count). The summed E-state index contributed by atoms with van der Waals surface area (Å²) < 4.78 is 11.1. The molecular weight excluding hydrogens is 352 g/mol. The number of hydrogen-bond donors (Lipinski definition) is 2. The van der Waals surface area contributed by atoms with E-state index in [4.69, 9.17) is 21.7 Å². The molecule has 2 aromatic rings. The summed E-state index contributed by atoms with van der Waals surface area (Å²) in [5, 5.41) is 7.06. The van der Waals surface area contributed by atoms with Crippen molar-refractivity contribution in [3.05, 3.63) is 54.1 Å². The first-order valence-corrected chi connectivity index (χ1v) is 9.94. The second kappa shape index (κ2) is 9.53. The first kappa shape index (κ1) is 17.9. The molecule has 2 aromatic carbocycles. The number of anilines is 1. The summed E-state index contributed by atoms with van der Waals surface area (Å²) in [6.07, 6.45) is 1.07. The Labute approximate surface area is 158 Å². The molecule has 0 atom stereocenters. The molecule has 2 N–H and O–H groups in total. The summed E-state index contributed by atoms with van der Waals surface area (Å²) in [4.78, 5) is 0. The second-order valence-corrected chi connectivity index (χ2v) is 7.14. The minimum Gasteiger partial charge on any atom is -0.486 e. The Morgan fingerprint density at radius 2 is 1.84 bits per heavy atom. The molecule has 4 nitrogen and oxygen atoms in total. The van der Waals surface area contributed by atoms with Gasteiger partial charge in [-0.05, 0) is 42.1 Å². The molecule has 0 aromatic heterocycles. The van der Waals surface area contributed by atoms with Gasteiger partial charge in [-0.2, -0.15) is 11.8 Å². The molecule has 1 heterocycles. The predicted molar refractivity (Wildman–Crippen MR) is 109 cm³/mol. The van der Waals surface area contributed by atoms with Gasteiger partial charge in [0.1, 0.15) is 13.2 Å². The lowest BCUT2D eigenvalue weighted by atomic mass is 10.2. The number of ether oxygens (including phenoxy) is 2. The first-order valence-electron chi connectivity index (χ1n) is 8.37. The van der Waals surface area contributed by atoms with Gasteiger partial charge in [-0.3, -0.25) is 0 Å². The maximum absolute atomic E-state index is 5.58. The van der Waals surface area contributed by atoms with Crippen LogP contribution in [0.25, 0.3) is 0 Å². The third-order valence-electron chi connectivity index (χ3n) is 3.66. The standard InChI is InChI=1S/C19H22N2O2S2/c24-19(20-9-4-12-25-14-15-5-2-1-3-6-15)21-16-7-8-17-18(13-16)23-11-10-22-17/h1-3,5-8,13H,4,9-12,14H2,(H2,20,21,24). The molecule has 25 heavy (non-hydrogen) atoms. The summed E-state index contributed by atoms with van der Waals surface area (Å²) in [6.45, 7) is 2.04. The van der Waals surface area contributed by atoms with E-state index in [1.807, 2.05) is 36.0 Å². The Bertz CT molecular complexity index is 695. The lowest BCUT2D eigenvalue weighted by Gasteiger charge is -2.19. The van der Waals surface area contributed by atoms with E-state index < -0.39 is 0 Å². The fraction of sp³-hybridized carbons (Fsp3) is 0.316. The minimum atomic E-state index is 0.583. The average Bonchev–Trinajstić information content (AvgIpc) is 2.65. The van der Waals surface area contributed by atoms with Gasteiger partial charge in [-0.25, -0.2) is 0 Å². The van der Waals surface area contributed by atoms with Crippen molar-refractivity contribution >= 4 is 34.8 Å². The topological polar surface area (TPSA) is 42.5 Å². The van der Waals surface area contributed by atoms with E-state index in [9.17, 15) is 0 Å². The third kappa shape index (κ3) is 5.83. The fourth-order valence-corrected chi connectivity index (χ4v) is 3.58. The van der Waals surface area contributed by atoms with E-state index in [1.165, 1.54) is 5.56 Å². The van der Waals surface area contributed by atoms with Gasteiger partial charge >= 0.3 is 0 Å². The van der Waals surface area contributed by atoms with Crippen molar-refractivity contribution in [1.82, 2.24) is 5.32 Å². The van der Waals surface area contributed by atoms with Crippen molar-refractivity contribution in [2.24, 2.45) is 0 Å². The highest BCUT2D eigenvalue weighted by molar-refractivity contribution is 7.98. The van der Waals surface area contributed by atoms with Crippen LogP contribution in [-0.2, 0) is 5.75 Å². The number of thiocarbonyl (C=S) groups is 1. The van der Waals surface area contributed by atoms with Gasteiger partial charge in [0.25, 0.3) is 0 Å². The monoisotopic (exact) mass is 374 g/mol. The van der Waals surface area contributed by atoms with Crippen LogP contribution in [0.5, 0.6) is 11.5 Å². The highest BCUT2D eigenvalue weighted by Crippen LogP contribution is 2.32. The van der Waals surface area contributed by atoms with E-state index in [2.05, 4.69) is 34.9 Å². The van der Waals surface area contributed by atoms with Crippen LogP contribution >= 0.6 is 24.0 Å². The van der Waals surface area contributed by atoms with Crippen molar-refractivity contribution in [2.75, 3.05) is 30.8 Å². The zero-order valence-electron chi connectivity index (χ0n) is 14.0. The molecule has 0 saturated heterocycles. The van der Waals surface area contributed by atoms with Gasteiger partial charge in [0.05, 0.1) is 0 Å². The summed E-state index contributed by atoms with van der Waals surface area (Å²) in [6, 6.07) is 16.3. The van der Waals surface area contributed by atoms with Gasteiger partial charge < -0.3 is 20.1 Å². The molecule has 0 saturated carbocycles. The Kier molecular flexibility index (Phi) is 6.82. The Balaban J connectivity index is 1.32. The Morgan fingerprint density at radius 3 is 2.68 bits per heavy atom. The maximum atomic E-state index is 5.58. The quantitative estimate of drug-likeness (QED) is 0.563. The molecule has 6 heteroatoms. The van der Waals surface area contributed by atoms with Crippen LogP contribution in [0, 0.1) is 0 Å². The number of benzene rings is 2. The van der Waals surface area contributed by atoms with E-state index >= 15 is 0 Å². The van der Waals surface area contributed by atoms with E-state index in [1.54, 1.807) is 0 Å². The fourth-order valence-electron chi connectivity index (χ4n) is 2.44. The highest BCUT2D eigenvalue weighted by Gasteiger charge is 2.11. The lowest BCUT2D eigenvalue weighted by molar-refractivity contribution is 0.171. The molecule has 0 unspecified atom stereocenters. The molecule has 0 bridgehead atoms. The summed E-state index contributed by atoms with van der Waals surface area (Å²) in [7, 11) is 0. The van der Waals surface area contributed by atoms with Crippen LogP contribution < -0.4 is 20.1 Å². The normalized spacial score (nSPS) is 12.5. The predicted octanol–water partition coefficient (Wildman–Crippen LogP) is 4.07.